The highest BCUT2D eigenvalue weighted by molar-refractivity contribution is 5.30. The highest BCUT2D eigenvalue weighted by atomic mass is 16.5. The second kappa shape index (κ2) is 6.62. The largest absolute Gasteiger partial charge is 0.486 e. The molecule has 0 saturated heterocycles. The number of rotatable bonds is 6. The number of hydrogen-bond donors (Lipinski definition) is 2. The molecule has 17 heavy (non-hydrogen) atoms. The van der Waals surface area contributed by atoms with Gasteiger partial charge in [0.05, 0.1) is 6.61 Å². The van der Waals surface area contributed by atoms with Crippen LogP contribution in [0.5, 0.6) is 5.75 Å². The quantitative estimate of drug-likeness (QED) is 0.798. The fourth-order valence-electron chi connectivity index (χ4n) is 1.64. The predicted molar refractivity (Wildman–Crippen MR) is 70.3 cm³/mol. The van der Waals surface area contributed by atoms with Gasteiger partial charge in [-0.3, -0.25) is 0 Å². The maximum atomic E-state index is 9.26. The summed E-state index contributed by atoms with van der Waals surface area (Å²) in [6.45, 7) is 6.21. The van der Waals surface area contributed by atoms with E-state index in [0.29, 0.717) is 5.92 Å². The van der Waals surface area contributed by atoms with Crippen LogP contribution < -0.4 is 10.5 Å². The van der Waals surface area contributed by atoms with Gasteiger partial charge in [-0.1, -0.05) is 32.9 Å². The van der Waals surface area contributed by atoms with Crippen LogP contribution in [-0.2, 0) is 0 Å². The Morgan fingerprint density at radius 1 is 1.35 bits per heavy atom. The van der Waals surface area contributed by atoms with Gasteiger partial charge in [0.1, 0.15) is 11.9 Å². The van der Waals surface area contributed by atoms with E-state index >= 15 is 0 Å². The molecule has 0 fully saturated rings. The van der Waals surface area contributed by atoms with Crippen molar-refractivity contribution in [1.29, 1.82) is 0 Å². The molecule has 1 rings (SSSR count). The first kappa shape index (κ1) is 14.0. The van der Waals surface area contributed by atoms with Gasteiger partial charge in [-0.05, 0) is 30.0 Å². The number of aliphatic hydroxyl groups is 1. The summed E-state index contributed by atoms with van der Waals surface area (Å²) in [5.74, 6) is 1.24. The molecule has 0 saturated carbocycles. The lowest BCUT2D eigenvalue weighted by atomic mass is 10.0. The molecule has 1 aromatic rings. The fourth-order valence-corrected chi connectivity index (χ4v) is 1.64. The van der Waals surface area contributed by atoms with E-state index in [4.69, 9.17) is 10.5 Å². The third-order valence-electron chi connectivity index (χ3n) is 2.94. The Balaban J connectivity index is 2.76. The third-order valence-corrected chi connectivity index (χ3v) is 2.94. The van der Waals surface area contributed by atoms with Gasteiger partial charge >= 0.3 is 0 Å². The number of aliphatic hydroxyl groups excluding tert-OH is 1. The van der Waals surface area contributed by atoms with E-state index < -0.39 is 0 Å². The first-order valence-corrected chi connectivity index (χ1v) is 6.21. The average Bonchev–Trinajstić information content (AvgIpc) is 2.35. The predicted octanol–water partition coefficient (Wildman–Crippen LogP) is 2.29. The van der Waals surface area contributed by atoms with Crippen molar-refractivity contribution in [2.75, 3.05) is 6.61 Å². The summed E-state index contributed by atoms with van der Waals surface area (Å²) in [4.78, 5) is 0. The van der Waals surface area contributed by atoms with E-state index in [1.807, 2.05) is 25.1 Å². The number of nitrogens with two attached hydrogens (primary N) is 1. The zero-order valence-electron chi connectivity index (χ0n) is 10.9. The van der Waals surface area contributed by atoms with Crippen molar-refractivity contribution in [1.82, 2.24) is 0 Å². The Labute approximate surface area is 104 Å². The van der Waals surface area contributed by atoms with E-state index in [1.165, 1.54) is 5.56 Å². The summed E-state index contributed by atoms with van der Waals surface area (Å²) < 4.78 is 5.73. The first-order chi connectivity index (χ1) is 8.08. The van der Waals surface area contributed by atoms with Crippen LogP contribution in [0.25, 0.3) is 0 Å². The van der Waals surface area contributed by atoms with Gasteiger partial charge in [-0.2, -0.15) is 0 Å². The molecule has 3 N–H and O–H groups in total. The summed E-state index contributed by atoms with van der Waals surface area (Å²) in [6, 6.07) is 7.82. The van der Waals surface area contributed by atoms with E-state index in [2.05, 4.69) is 19.9 Å². The van der Waals surface area contributed by atoms with Crippen LogP contribution in [0, 0.1) is 0 Å². The first-order valence-electron chi connectivity index (χ1n) is 6.21. The molecular formula is C14H23NO2. The molecule has 0 spiro atoms. The number of ether oxygens (including phenoxy) is 1. The molecule has 0 heterocycles. The summed E-state index contributed by atoms with van der Waals surface area (Å²) in [7, 11) is 0. The van der Waals surface area contributed by atoms with Crippen LogP contribution in [0.15, 0.2) is 24.3 Å². The molecular weight excluding hydrogens is 214 g/mol. The molecule has 0 aliphatic rings. The van der Waals surface area contributed by atoms with E-state index in [0.717, 1.165) is 12.2 Å². The van der Waals surface area contributed by atoms with Crippen LogP contribution in [0.2, 0.25) is 0 Å². The monoisotopic (exact) mass is 237 g/mol. The minimum atomic E-state index is -0.331. The van der Waals surface area contributed by atoms with Gasteiger partial charge in [0.15, 0.2) is 0 Å². The second-order valence-corrected chi connectivity index (χ2v) is 4.64. The molecule has 1 aromatic carbocycles. The maximum Gasteiger partial charge on any atom is 0.137 e. The highest BCUT2D eigenvalue weighted by Crippen LogP contribution is 2.21. The lowest BCUT2D eigenvalue weighted by molar-refractivity contribution is 0.0932. The van der Waals surface area contributed by atoms with Gasteiger partial charge in [0, 0.05) is 6.04 Å². The molecule has 3 nitrogen and oxygen atoms in total. The van der Waals surface area contributed by atoms with Crippen molar-refractivity contribution in [3.8, 4) is 5.75 Å². The molecule has 0 bridgehead atoms. The molecule has 96 valence electrons. The third kappa shape index (κ3) is 4.02. The lowest BCUT2D eigenvalue weighted by Crippen LogP contribution is -2.41. The minimum Gasteiger partial charge on any atom is -0.486 e. The van der Waals surface area contributed by atoms with Crippen LogP contribution >= 0.6 is 0 Å². The molecule has 2 atom stereocenters. The van der Waals surface area contributed by atoms with Gasteiger partial charge in [-0.25, -0.2) is 0 Å². The maximum absolute atomic E-state index is 9.26. The summed E-state index contributed by atoms with van der Waals surface area (Å²) in [6.07, 6.45) is 0.456. The zero-order valence-corrected chi connectivity index (χ0v) is 10.9. The highest BCUT2D eigenvalue weighted by Gasteiger charge is 2.17. The number of hydrogen-bond acceptors (Lipinski definition) is 3. The average molecular weight is 237 g/mol. The van der Waals surface area contributed by atoms with Crippen molar-refractivity contribution in [3.63, 3.8) is 0 Å². The SMILES string of the molecule is CCC(N)C(CO)Oc1cccc(C(C)C)c1. The summed E-state index contributed by atoms with van der Waals surface area (Å²) in [5, 5.41) is 9.26. The Hall–Kier alpha value is -1.06. The van der Waals surface area contributed by atoms with Crippen LogP contribution in [0.4, 0.5) is 0 Å². The Kier molecular flexibility index (Phi) is 5.45. The normalized spacial score (nSPS) is 14.7. The summed E-state index contributed by atoms with van der Waals surface area (Å²) >= 11 is 0. The van der Waals surface area contributed by atoms with E-state index in [-0.39, 0.29) is 18.8 Å². The van der Waals surface area contributed by atoms with Crippen molar-refractivity contribution in [3.05, 3.63) is 29.8 Å². The molecule has 3 heteroatoms. The van der Waals surface area contributed by atoms with Crippen molar-refractivity contribution >= 4 is 0 Å². The van der Waals surface area contributed by atoms with E-state index in [9.17, 15) is 5.11 Å². The Morgan fingerprint density at radius 2 is 2.06 bits per heavy atom. The van der Waals surface area contributed by atoms with E-state index in [1.54, 1.807) is 0 Å². The van der Waals surface area contributed by atoms with Gasteiger partial charge in [0.2, 0.25) is 0 Å². The topological polar surface area (TPSA) is 55.5 Å². The van der Waals surface area contributed by atoms with Gasteiger partial charge in [0.25, 0.3) is 0 Å². The standard InChI is InChI=1S/C14H23NO2/c1-4-13(15)14(9-16)17-12-7-5-6-11(8-12)10(2)3/h5-8,10,13-14,16H,4,9,15H2,1-3H3. The Bertz CT molecular complexity index is 339. The molecule has 0 amide bonds. The molecule has 2 unspecified atom stereocenters. The summed E-state index contributed by atoms with van der Waals surface area (Å²) in [5.41, 5.74) is 7.11. The Morgan fingerprint density at radius 3 is 2.59 bits per heavy atom. The van der Waals surface area contributed by atoms with Crippen LogP contribution in [-0.4, -0.2) is 23.9 Å². The minimum absolute atomic E-state index is 0.0546. The van der Waals surface area contributed by atoms with Crippen molar-refractivity contribution < 1.29 is 9.84 Å². The lowest BCUT2D eigenvalue weighted by Gasteiger charge is -2.22. The smallest absolute Gasteiger partial charge is 0.137 e. The fraction of sp³-hybridized carbons (Fsp3) is 0.571. The second-order valence-electron chi connectivity index (χ2n) is 4.64. The zero-order chi connectivity index (χ0) is 12.8. The number of benzene rings is 1. The van der Waals surface area contributed by atoms with Crippen molar-refractivity contribution in [2.45, 2.75) is 45.3 Å². The van der Waals surface area contributed by atoms with Gasteiger partial charge < -0.3 is 15.6 Å². The van der Waals surface area contributed by atoms with Crippen LogP contribution in [0.1, 0.15) is 38.7 Å². The van der Waals surface area contributed by atoms with Crippen LogP contribution in [0.3, 0.4) is 0 Å². The molecule has 0 aromatic heterocycles. The molecule has 0 aliphatic carbocycles. The molecule has 0 radical (unpaired) electrons. The van der Waals surface area contributed by atoms with Crippen molar-refractivity contribution in [2.24, 2.45) is 5.73 Å². The molecule has 0 aliphatic heterocycles. The van der Waals surface area contributed by atoms with Gasteiger partial charge in [-0.15, -0.1) is 0 Å².